The fourth-order valence-corrected chi connectivity index (χ4v) is 1.29. The van der Waals surface area contributed by atoms with Crippen LogP contribution in [0.3, 0.4) is 0 Å². The van der Waals surface area contributed by atoms with Gasteiger partial charge in [-0.1, -0.05) is 17.7 Å². The molecule has 0 aliphatic carbocycles. The average molecular weight is 273 g/mol. The highest BCUT2D eigenvalue weighted by Crippen LogP contribution is 2.10. The number of carbonyl (C=O) groups is 1. The molecule has 0 radical (unpaired) electrons. The van der Waals surface area contributed by atoms with Gasteiger partial charge >= 0.3 is 5.97 Å². The zero-order valence-corrected chi connectivity index (χ0v) is 11.1. The average Bonchev–Trinajstić information content (AvgIpc) is 2.39. The number of esters is 1. The molecule has 1 aromatic carbocycles. The van der Waals surface area contributed by atoms with Crippen LogP contribution in [0.15, 0.2) is 24.3 Å². The summed E-state index contributed by atoms with van der Waals surface area (Å²) in [6.45, 7) is 3.50. The minimum atomic E-state index is -0.434. The predicted octanol–water partition coefficient (Wildman–Crippen LogP) is 2.17. The van der Waals surface area contributed by atoms with Gasteiger partial charge in [-0.25, -0.2) is 0 Å². The molecule has 0 aromatic heterocycles. The van der Waals surface area contributed by atoms with Gasteiger partial charge in [0.2, 0.25) is 0 Å². The fraction of sp³-hybridized carbons (Fsp3) is 0.462. The minimum absolute atomic E-state index is 0.128. The maximum Gasteiger partial charge on any atom is 0.320 e. The zero-order valence-electron chi connectivity index (χ0n) is 10.4. The maximum atomic E-state index is 10.7. The molecule has 18 heavy (non-hydrogen) atoms. The van der Waals surface area contributed by atoms with Crippen LogP contribution in [0.5, 0.6) is 5.75 Å². The second-order valence-corrected chi connectivity index (χ2v) is 3.90. The quantitative estimate of drug-likeness (QED) is 0.413. The number of alkyl halides is 1. The van der Waals surface area contributed by atoms with Crippen molar-refractivity contribution in [2.45, 2.75) is 6.92 Å². The van der Waals surface area contributed by atoms with Crippen molar-refractivity contribution in [2.24, 2.45) is 0 Å². The fourth-order valence-electron chi connectivity index (χ4n) is 1.21. The van der Waals surface area contributed by atoms with Crippen LogP contribution in [-0.2, 0) is 14.3 Å². The number of rotatable bonds is 8. The van der Waals surface area contributed by atoms with Crippen LogP contribution in [0.2, 0.25) is 0 Å². The van der Waals surface area contributed by atoms with Crippen molar-refractivity contribution in [2.75, 3.05) is 32.3 Å². The molecule has 0 N–H and O–H groups in total. The summed E-state index contributed by atoms with van der Waals surface area (Å²) in [5, 5.41) is 0. The van der Waals surface area contributed by atoms with Crippen LogP contribution in [0.25, 0.3) is 0 Å². The Morgan fingerprint density at radius 3 is 2.44 bits per heavy atom. The van der Waals surface area contributed by atoms with Crippen LogP contribution >= 0.6 is 11.6 Å². The van der Waals surface area contributed by atoms with Gasteiger partial charge in [0, 0.05) is 0 Å². The van der Waals surface area contributed by atoms with Gasteiger partial charge in [-0.3, -0.25) is 4.79 Å². The summed E-state index contributed by atoms with van der Waals surface area (Å²) < 4.78 is 15.4. The van der Waals surface area contributed by atoms with E-state index in [2.05, 4.69) is 0 Å². The summed E-state index contributed by atoms with van der Waals surface area (Å²) in [5.74, 6) is 0.255. The number of carbonyl (C=O) groups excluding carboxylic acids is 1. The maximum absolute atomic E-state index is 10.7. The van der Waals surface area contributed by atoms with Gasteiger partial charge in [-0.15, -0.1) is 11.6 Å². The number of hydrogen-bond donors (Lipinski definition) is 0. The van der Waals surface area contributed by atoms with Crippen molar-refractivity contribution >= 4 is 17.6 Å². The van der Waals surface area contributed by atoms with Crippen LogP contribution in [-0.4, -0.2) is 38.3 Å². The number of halogens is 1. The number of aryl methyl sites for hydroxylation is 1. The Hall–Kier alpha value is -1.26. The molecule has 0 amide bonds. The highest BCUT2D eigenvalue weighted by molar-refractivity contribution is 6.26. The first-order chi connectivity index (χ1) is 8.72. The van der Waals surface area contributed by atoms with E-state index < -0.39 is 5.97 Å². The molecule has 0 unspecified atom stereocenters. The molecule has 0 atom stereocenters. The normalized spacial score (nSPS) is 10.1. The zero-order chi connectivity index (χ0) is 13.2. The lowest BCUT2D eigenvalue weighted by atomic mass is 10.2. The van der Waals surface area contributed by atoms with Crippen molar-refractivity contribution in [3.63, 3.8) is 0 Å². The number of benzene rings is 1. The van der Waals surface area contributed by atoms with Crippen molar-refractivity contribution in [3.05, 3.63) is 29.8 Å². The first-order valence-electron chi connectivity index (χ1n) is 5.71. The van der Waals surface area contributed by atoms with E-state index in [-0.39, 0.29) is 12.5 Å². The summed E-state index contributed by atoms with van der Waals surface area (Å²) in [7, 11) is 0. The number of ether oxygens (including phenoxy) is 3. The number of hydrogen-bond acceptors (Lipinski definition) is 4. The molecule has 1 aromatic rings. The smallest absolute Gasteiger partial charge is 0.320 e. The topological polar surface area (TPSA) is 44.8 Å². The Balaban J connectivity index is 1.99. The minimum Gasteiger partial charge on any atom is -0.491 e. The van der Waals surface area contributed by atoms with Gasteiger partial charge in [-0.05, 0) is 19.1 Å². The molecule has 4 nitrogen and oxygen atoms in total. The monoisotopic (exact) mass is 272 g/mol. The summed E-state index contributed by atoms with van der Waals surface area (Å²) in [5.41, 5.74) is 1.19. The second-order valence-electron chi connectivity index (χ2n) is 3.63. The van der Waals surface area contributed by atoms with E-state index in [1.807, 2.05) is 31.2 Å². The van der Waals surface area contributed by atoms with Crippen molar-refractivity contribution in [1.82, 2.24) is 0 Å². The summed E-state index contributed by atoms with van der Waals surface area (Å²) in [6, 6.07) is 7.80. The Bertz CT molecular complexity index is 351. The van der Waals surface area contributed by atoms with E-state index in [0.29, 0.717) is 19.8 Å². The van der Waals surface area contributed by atoms with E-state index in [1.54, 1.807) is 0 Å². The molecular weight excluding hydrogens is 256 g/mol. The highest BCUT2D eigenvalue weighted by atomic mass is 35.5. The summed E-state index contributed by atoms with van der Waals surface area (Å²) in [6.07, 6.45) is 0. The van der Waals surface area contributed by atoms with Gasteiger partial charge < -0.3 is 14.2 Å². The molecule has 1 rings (SSSR count). The summed E-state index contributed by atoms with van der Waals surface area (Å²) >= 11 is 5.26. The third-order valence-electron chi connectivity index (χ3n) is 2.12. The molecule has 5 heteroatoms. The molecule has 0 saturated heterocycles. The molecule has 100 valence electrons. The Labute approximate surface area is 112 Å². The van der Waals surface area contributed by atoms with E-state index in [4.69, 9.17) is 25.8 Å². The molecule has 0 saturated carbocycles. The van der Waals surface area contributed by atoms with Crippen molar-refractivity contribution in [1.29, 1.82) is 0 Å². The standard InChI is InChI=1S/C13H17ClO4/c1-11-2-4-12(5-3-11)17-8-6-16-7-9-18-13(15)10-14/h2-5H,6-10H2,1H3. The molecule has 0 fully saturated rings. The van der Waals surface area contributed by atoms with Gasteiger partial charge in [0.25, 0.3) is 0 Å². The van der Waals surface area contributed by atoms with Crippen LogP contribution in [0, 0.1) is 6.92 Å². The van der Waals surface area contributed by atoms with E-state index in [0.717, 1.165) is 5.75 Å². The summed E-state index contributed by atoms with van der Waals surface area (Å²) in [4.78, 5) is 10.7. The Kier molecular flexibility index (Phi) is 7.22. The van der Waals surface area contributed by atoms with Crippen LogP contribution < -0.4 is 4.74 Å². The molecule has 0 spiro atoms. The molecule has 0 heterocycles. The Morgan fingerprint density at radius 1 is 1.11 bits per heavy atom. The van der Waals surface area contributed by atoms with Crippen LogP contribution in [0.1, 0.15) is 5.56 Å². The lowest BCUT2D eigenvalue weighted by molar-refractivity contribution is -0.142. The third kappa shape index (κ3) is 6.47. The third-order valence-corrected chi connectivity index (χ3v) is 2.34. The first kappa shape index (κ1) is 14.8. The van der Waals surface area contributed by atoms with E-state index in [1.165, 1.54) is 5.56 Å². The van der Waals surface area contributed by atoms with Crippen molar-refractivity contribution in [3.8, 4) is 5.75 Å². The van der Waals surface area contributed by atoms with Crippen LogP contribution in [0.4, 0.5) is 0 Å². The predicted molar refractivity (Wildman–Crippen MR) is 69.2 cm³/mol. The van der Waals surface area contributed by atoms with Gasteiger partial charge in [-0.2, -0.15) is 0 Å². The van der Waals surface area contributed by atoms with E-state index >= 15 is 0 Å². The van der Waals surface area contributed by atoms with Gasteiger partial charge in [0.05, 0.1) is 13.2 Å². The highest BCUT2D eigenvalue weighted by Gasteiger charge is 1.98. The van der Waals surface area contributed by atoms with Gasteiger partial charge in [0.15, 0.2) is 0 Å². The van der Waals surface area contributed by atoms with Gasteiger partial charge in [0.1, 0.15) is 24.8 Å². The van der Waals surface area contributed by atoms with Crippen molar-refractivity contribution < 1.29 is 19.0 Å². The molecule has 0 aliphatic heterocycles. The molecule has 0 bridgehead atoms. The Morgan fingerprint density at radius 2 is 1.78 bits per heavy atom. The molecule has 0 aliphatic rings. The largest absolute Gasteiger partial charge is 0.491 e. The molecular formula is C13H17ClO4. The lowest BCUT2D eigenvalue weighted by Crippen LogP contribution is -2.14. The van der Waals surface area contributed by atoms with E-state index in [9.17, 15) is 4.79 Å². The SMILES string of the molecule is Cc1ccc(OCCOCCOC(=O)CCl)cc1. The lowest BCUT2D eigenvalue weighted by Gasteiger charge is -2.07. The second kappa shape index (κ2) is 8.78. The first-order valence-corrected chi connectivity index (χ1v) is 6.24.